The van der Waals surface area contributed by atoms with Crippen LogP contribution in [-0.2, 0) is 39.4 Å². The van der Waals surface area contributed by atoms with E-state index in [4.69, 9.17) is 9.20 Å². The fraction of sp³-hybridized carbons (Fsp3) is 0.542. The Morgan fingerprint density at radius 2 is 2.00 bits per heavy atom. The lowest BCUT2D eigenvalue weighted by molar-refractivity contribution is -0.116. The third-order valence-corrected chi connectivity index (χ3v) is 8.26. The highest BCUT2D eigenvalue weighted by Crippen LogP contribution is 2.45. The lowest BCUT2D eigenvalue weighted by atomic mass is 9.85. The average Bonchev–Trinajstić information content (AvgIpc) is 3.17. The minimum Gasteiger partial charge on any atom is -0.454 e. The summed E-state index contributed by atoms with van der Waals surface area (Å²) in [6.45, 7) is 5.23. The lowest BCUT2D eigenvalue weighted by Gasteiger charge is -2.20. The van der Waals surface area contributed by atoms with Crippen molar-refractivity contribution in [1.82, 2.24) is 0 Å². The summed E-state index contributed by atoms with van der Waals surface area (Å²) in [7, 11) is -3.48. The Morgan fingerprint density at radius 3 is 2.61 bits per heavy atom. The van der Waals surface area contributed by atoms with E-state index in [0.29, 0.717) is 23.5 Å². The fourth-order valence-electron chi connectivity index (χ4n) is 4.65. The molecule has 0 bridgehead atoms. The SMILES string of the molecule is C[C@H](c1cc(F)c2c(c1CC(=O)C[S@@](=N)(=O)c1cc(C(C)(C)O)co1)CCC2)C1CC1. The number of rotatable bonds is 8. The first-order valence-electron chi connectivity index (χ1n) is 10.9. The summed E-state index contributed by atoms with van der Waals surface area (Å²) in [4.78, 5) is 13.0. The zero-order valence-electron chi connectivity index (χ0n) is 18.3. The predicted molar refractivity (Wildman–Crippen MR) is 116 cm³/mol. The van der Waals surface area contributed by atoms with Gasteiger partial charge in [0, 0.05) is 18.1 Å². The van der Waals surface area contributed by atoms with Gasteiger partial charge in [-0.05, 0) is 86.1 Å². The maximum atomic E-state index is 14.7. The van der Waals surface area contributed by atoms with Gasteiger partial charge in [-0.15, -0.1) is 0 Å². The van der Waals surface area contributed by atoms with Crippen LogP contribution in [0.1, 0.15) is 73.8 Å². The number of Topliss-reactive ketones (excluding diaryl/α,β-unsaturated/α-hetero) is 1. The van der Waals surface area contributed by atoms with Crippen LogP contribution in [0, 0.1) is 16.5 Å². The molecule has 2 aliphatic rings. The number of ketones is 1. The van der Waals surface area contributed by atoms with Gasteiger partial charge in [-0.1, -0.05) is 6.92 Å². The van der Waals surface area contributed by atoms with E-state index in [1.807, 2.05) is 0 Å². The van der Waals surface area contributed by atoms with Crippen LogP contribution in [0.4, 0.5) is 4.39 Å². The normalized spacial score (nSPS) is 19.1. The minimum absolute atomic E-state index is 0.0595. The molecule has 0 aliphatic heterocycles. The van der Waals surface area contributed by atoms with Crippen molar-refractivity contribution in [3.05, 3.63) is 52.0 Å². The number of hydrogen-bond donors (Lipinski definition) is 2. The molecule has 1 saturated carbocycles. The van der Waals surface area contributed by atoms with E-state index in [0.717, 1.165) is 42.4 Å². The van der Waals surface area contributed by atoms with Gasteiger partial charge < -0.3 is 9.52 Å². The van der Waals surface area contributed by atoms with Gasteiger partial charge in [-0.2, -0.15) is 0 Å². The van der Waals surface area contributed by atoms with Crippen molar-refractivity contribution in [2.24, 2.45) is 5.92 Å². The second-order valence-electron chi connectivity index (χ2n) is 9.61. The molecule has 2 N–H and O–H groups in total. The van der Waals surface area contributed by atoms with Gasteiger partial charge in [-0.25, -0.2) is 13.4 Å². The molecule has 31 heavy (non-hydrogen) atoms. The number of furan rings is 1. The molecule has 4 rings (SSSR count). The highest BCUT2D eigenvalue weighted by atomic mass is 32.2. The number of carbonyl (C=O) groups is 1. The summed E-state index contributed by atoms with van der Waals surface area (Å²) in [5.74, 6) is -0.245. The standard InChI is InChI=1S/C24H30FNO4S/c1-14(15-7-8-15)20-11-22(25)19-6-4-5-18(19)21(20)10-17(27)13-31(26,29)23-9-16(12-30-23)24(2,3)28/h9,11-12,14-15,26,28H,4-8,10,13H2,1-3H3/t14-,31+/m0/s1. The van der Waals surface area contributed by atoms with Gasteiger partial charge in [-0.3, -0.25) is 4.79 Å². The minimum atomic E-state index is -3.48. The molecule has 0 saturated heterocycles. The summed E-state index contributed by atoms with van der Waals surface area (Å²) < 4.78 is 41.2. The van der Waals surface area contributed by atoms with Gasteiger partial charge in [0.25, 0.3) is 0 Å². The van der Waals surface area contributed by atoms with Crippen molar-refractivity contribution >= 4 is 15.5 Å². The van der Waals surface area contributed by atoms with Crippen LogP contribution in [0.2, 0.25) is 0 Å². The van der Waals surface area contributed by atoms with Gasteiger partial charge in [0.1, 0.15) is 15.5 Å². The third kappa shape index (κ3) is 4.48. The second-order valence-corrected chi connectivity index (χ2v) is 11.7. The van der Waals surface area contributed by atoms with Gasteiger partial charge >= 0.3 is 0 Å². The molecule has 5 nitrogen and oxygen atoms in total. The number of halogens is 1. The monoisotopic (exact) mass is 447 g/mol. The number of aliphatic hydroxyl groups is 1. The molecule has 7 heteroatoms. The molecule has 2 atom stereocenters. The summed E-state index contributed by atoms with van der Waals surface area (Å²) in [5, 5.41) is 9.97. The van der Waals surface area contributed by atoms with Gasteiger partial charge in [0.2, 0.25) is 0 Å². The Hall–Kier alpha value is -1.99. The van der Waals surface area contributed by atoms with Crippen LogP contribution in [0.15, 0.2) is 27.9 Å². The molecular formula is C24H30FNO4S. The maximum absolute atomic E-state index is 14.7. The molecule has 2 aliphatic carbocycles. The second kappa shape index (κ2) is 7.85. The fourth-order valence-corrected chi connectivity index (χ4v) is 5.87. The number of nitrogens with one attached hydrogen (secondary N) is 1. The molecule has 0 unspecified atom stereocenters. The van der Waals surface area contributed by atoms with Crippen LogP contribution < -0.4 is 0 Å². The number of hydrogen-bond acceptors (Lipinski definition) is 5. The molecule has 0 amide bonds. The van der Waals surface area contributed by atoms with E-state index in [2.05, 4.69) is 6.92 Å². The predicted octanol–water partition coefficient (Wildman–Crippen LogP) is 4.87. The zero-order valence-corrected chi connectivity index (χ0v) is 19.1. The Morgan fingerprint density at radius 1 is 1.32 bits per heavy atom. The largest absolute Gasteiger partial charge is 0.454 e. The zero-order chi connectivity index (χ0) is 22.6. The van der Waals surface area contributed by atoms with Gasteiger partial charge in [0.15, 0.2) is 10.9 Å². The van der Waals surface area contributed by atoms with E-state index in [-0.39, 0.29) is 29.0 Å². The Balaban J connectivity index is 1.60. The number of fused-ring (bicyclic) bond motifs is 1. The van der Waals surface area contributed by atoms with Crippen molar-refractivity contribution in [2.45, 2.75) is 75.9 Å². The van der Waals surface area contributed by atoms with Crippen molar-refractivity contribution in [2.75, 3.05) is 5.75 Å². The third-order valence-electron chi connectivity index (χ3n) is 6.67. The van der Waals surface area contributed by atoms with Crippen LogP contribution in [0.5, 0.6) is 0 Å². The maximum Gasteiger partial charge on any atom is 0.199 e. The number of carbonyl (C=O) groups excluding carboxylic acids is 1. The summed E-state index contributed by atoms with van der Waals surface area (Å²) in [6.07, 6.45) is 5.88. The first-order chi connectivity index (χ1) is 14.5. The average molecular weight is 448 g/mol. The van der Waals surface area contributed by atoms with Crippen molar-refractivity contribution in [1.29, 1.82) is 4.78 Å². The molecule has 1 fully saturated rings. The van der Waals surface area contributed by atoms with E-state index in [9.17, 15) is 18.5 Å². The van der Waals surface area contributed by atoms with Crippen molar-refractivity contribution < 1.29 is 22.9 Å². The Bertz CT molecular complexity index is 1120. The first kappa shape index (κ1) is 22.2. The molecule has 0 spiro atoms. The highest BCUT2D eigenvalue weighted by Gasteiger charge is 2.34. The number of benzene rings is 1. The van der Waals surface area contributed by atoms with Crippen LogP contribution in [0.25, 0.3) is 0 Å². The van der Waals surface area contributed by atoms with E-state index < -0.39 is 21.1 Å². The van der Waals surface area contributed by atoms with Crippen LogP contribution in [0.3, 0.4) is 0 Å². The molecule has 1 heterocycles. The first-order valence-corrected chi connectivity index (χ1v) is 12.6. The molecule has 168 valence electrons. The smallest absolute Gasteiger partial charge is 0.199 e. The van der Waals surface area contributed by atoms with Gasteiger partial charge in [0.05, 0.1) is 17.6 Å². The molecule has 0 radical (unpaired) electrons. The molecule has 1 aromatic heterocycles. The highest BCUT2D eigenvalue weighted by molar-refractivity contribution is 7.93. The molecule has 2 aromatic rings. The van der Waals surface area contributed by atoms with E-state index >= 15 is 0 Å². The molecular weight excluding hydrogens is 417 g/mol. The Kier molecular flexibility index (Phi) is 5.63. The van der Waals surface area contributed by atoms with Crippen LogP contribution in [-0.4, -0.2) is 20.9 Å². The van der Waals surface area contributed by atoms with Crippen molar-refractivity contribution in [3.8, 4) is 0 Å². The van der Waals surface area contributed by atoms with E-state index in [1.165, 1.54) is 12.3 Å². The topological polar surface area (TPSA) is 91.4 Å². The summed E-state index contributed by atoms with van der Waals surface area (Å²) in [5.41, 5.74) is 2.64. The lowest BCUT2D eigenvalue weighted by Crippen LogP contribution is -2.19. The quantitative estimate of drug-likeness (QED) is 0.604. The Labute approximate surface area is 183 Å². The molecule has 1 aromatic carbocycles. The van der Waals surface area contributed by atoms with E-state index in [1.54, 1.807) is 19.9 Å². The van der Waals surface area contributed by atoms with Crippen molar-refractivity contribution in [3.63, 3.8) is 0 Å². The van der Waals surface area contributed by atoms with Crippen LogP contribution >= 0.6 is 0 Å². The summed E-state index contributed by atoms with van der Waals surface area (Å²) in [6, 6.07) is 2.99. The summed E-state index contributed by atoms with van der Waals surface area (Å²) >= 11 is 0.